The lowest BCUT2D eigenvalue weighted by molar-refractivity contribution is 1.00. The summed E-state index contributed by atoms with van der Waals surface area (Å²) in [5.41, 5.74) is 4.20. The van der Waals surface area contributed by atoms with Crippen LogP contribution < -0.4 is 0 Å². The second-order valence-corrected chi connectivity index (χ2v) is 4.43. The molecule has 0 bridgehead atoms. The first kappa shape index (κ1) is 12.1. The smallest absolute Gasteiger partial charge is 0.161 e. The van der Waals surface area contributed by atoms with Crippen molar-refractivity contribution < 1.29 is 0 Å². The Morgan fingerprint density at radius 3 is 2.41 bits per heavy atom. The Labute approximate surface area is 107 Å². The van der Waals surface area contributed by atoms with Gasteiger partial charge in [-0.05, 0) is 25.8 Å². The average Bonchev–Trinajstić information content (AvgIpc) is 2.29. The van der Waals surface area contributed by atoms with E-state index >= 15 is 0 Å². The average molecular weight is 247 g/mol. The number of aryl methyl sites for hydroxylation is 2. The van der Waals surface area contributed by atoms with E-state index in [1.165, 1.54) is 0 Å². The Hall–Kier alpha value is -1.41. The fourth-order valence-corrected chi connectivity index (χ4v) is 2.26. The fraction of sp³-hybridized carbons (Fsp3) is 0.286. The lowest BCUT2D eigenvalue weighted by Gasteiger charge is -2.09. The molecule has 88 valence electrons. The van der Waals surface area contributed by atoms with Crippen molar-refractivity contribution in [3.63, 3.8) is 0 Å². The molecule has 1 aromatic heterocycles. The quantitative estimate of drug-likeness (QED) is 0.750. The van der Waals surface area contributed by atoms with Crippen LogP contribution in [-0.4, -0.2) is 9.97 Å². The van der Waals surface area contributed by atoms with Gasteiger partial charge in [0.1, 0.15) is 5.15 Å². The first-order chi connectivity index (χ1) is 8.13. The molecule has 0 atom stereocenters. The molecule has 1 aromatic carbocycles. The van der Waals surface area contributed by atoms with Crippen molar-refractivity contribution >= 4 is 11.6 Å². The van der Waals surface area contributed by atoms with Gasteiger partial charge in [-0.3, -0.25) is 0 Å². The minimum absolute atomic E-state index is 0.568. The van der Waals surface area contributed by atoms with Crippen LogP contribution in [0.25, 0.3) is 11.4 Å². The molecular formula is C14H15ClN2. The van der Waals surface area contributed by atoms with Gasteiger partial charge in [-0.15, -0.1) is 0 Å². The number of aromatic nitrogens is 2. The zero-order valence-corrected chi connectivity index (χ0v) is 11.0. The Bertz CT molecular complexity index is 527. The van der Waals surface area contributed by atoms with E-state index in [0.29, 0.717) is 11.0 Å². The molecule has 0 saturated heterocycles. The molecule has 0 aliphatic carbocycles. The molecule has 2 nitrogen and oxygen atoms in total. The molecule has 17 heavy (non-hydrogen) atoms. The Morgan fingerprint density at radius 1 is 1.12 bits per heavy atom. The molecule has 0 spiro atoms. The Kier molecular flexibility index (Phi) is 3.43. The zero-order chi connectivity index (χ0) is 12.4. The highest BCUT2D eigenvalue weighted by Crippen LogP contribution is 2.24. The van der Waals surface area contributed by atoms with E-state index in [4.69, 9.17) is 11.6 Å². The van der Waals surface area contributed by atoms with E-state index in [1.54, 1.807) is 0 Å². The van der Waals surface area contributed by atoms with Crippen molar-refractivity contribution in [3.8, 4) is 11.4 Å². The van der Waals surface area contributed by atoms with Crippen molar-refractivity contribution in [2.45, 2.75) is 27.2 Å². The van der Waals surface area contributed by atoms with Gasteiger partial charge in [-0.25, -0.2) is 9.97 Å². The molecule has 0 saturated carbocycles. The maximum absolute atomic E-state index is 6.19. The number of halogens is 1. The van der Waals surface area contributed by atoms with Crippen LogP contribution in [0.3, 0.4) is 0 Å². The third-order valence-corrected chi connectivity index (χ3v) is 3.22. The second kappa shape index (κ2) is 4.84. The fourth-order valence-electron chi connectivity index (χ4n) is 1.91. The van der Waals surface area contributed by atoms with E-state index in [2.05, 4.69) is 29.9 Å². The third-order valence-electron chi connectivity index (χ3n) is 2.90. The van der Waals surface area contributed by atoms with Crippen LogP contribution in [0, 0.1) is 13.8 Å². The molecule has 2 rings (SSSR count). The highest BCUT2D eigenvalue weighted by Gasteiger charge is 2.10. The maximum Gasteiger partial charge on any atom is 0.161 e. The van der Waals surface area contributed by atoms with Crippen LogP contribution in [0.1, 0.15) is 23.7 Å². The van der Waals surface area contributed by atoms with Gasteiger partial charge >= 0.3 is 0 Å². The van der Waals surface area contributed by atoms with E-state index < -0.39 is 0 Å². The molecule has 0 aliphatic rings. The van der Waals surface area contributed by atoms with Crippen LogP contribution in [0.5, 0.6) is 0 Å². The maximum atomic E-state index is 6.19. The molecular weight excluding hydrogens is 232 g/mol. The van der Waals surface area contributed by atoms with Crippen LogP contribution in [-0.2, 0) is 6.42 Å². The first-order valence-corrected chi connectivity index (χ1v) is 6.10. The topological polar surface area (TPSA) is 25.8 Å². The predicted octanol–water partition coefficient (Wildman–Crippen LogP) is 3.98. The number of hydrogen-bond donors (Lipinski definition) is 0. The SMILES string of the molecule is CCc1c(C)nc(-c2ccccc2C)nc1Cl. The highest BCUT2D eigenvalue weighted by atomic mass is 35.5. The van der Waals surface area contributed by atoms with Gasteiger partial charge in [-0.2, -0.15) is 0 Å². The minimum atomic E-state index is 0.568. The van der Waals surface area contributed by atoms with E-state index in [1.807, 2.05) is 25.1 Å². The first-order valence-electron chi connectivity index (χ1n) is 5.72. The molecule has 0 N–H and O–H groups in total. The zero-order valence-electron chi connectivity index (χ0n) is 10.3. The van der Waals surface area contributed by atoms with E-state index in [0.717, 1.165) is 28.8 Å². The summed E-state index contributed by atoms with van der Waals surface area (Å²) in [5.74, 6) is 0.711. The van der Waals surface area contributed by atoms with Crippen LogP contribution in [0.15, 0.2) is 24.3 Å². The summed E-state index contributed by atoms with van der Waals surface area (Å²) in [7, 11) is 0. The molecule has 3 heteroatoms. The normalized spacial score (nSPS) is 10.6. The molecule has 0 radical (unpaired) electrons. The lowest BCUT2D eigenvalue weighted by Crippen LogP contribution is -2.00. The number of rotatable bonds is 2. The van der Waals surface area contributed by atoms with E-state index in [-0.39, 0.29) is 0 Å². The molecule has 0 unspecified atom stereocenters. The van der Waals surface area contributed by atoms with Crippen LogP contribution in [0.4, 0.5) is 0 Å². The monoisotopic (exact) mass is 246 g/mol. The summed E-state index contributed by atoms with van der Waals surface area (Å²) in [6.07, 6.45) is 0.860. The van der Waals surface area contributed by atoms with Gasteiger partial charge in [0.05, 0.1) is 0 Å². The van der Waals surface area contributed by atoms with Gasteiger partial charge in [0.25, 0.3) is 0 Å². The summed E-state index contributed by atoms with van der Waals surface area (Å²) in [6, 6.07) is 8.07. The summed E-state index contributed by atoms with van der Waals surface area (Å²) >= 11 is 6.19. The predicted molar refractivity (Wildman–Crippen MR) is 71.3 cm³/mol. The number of benzene rings is 1. The van der Waals surface area contributed by atoms with Crippen LogP contribution >= 0.6 is 11.6 Å². The van der Waals surface area contributed by atoms with Gasteiger partial charge in [0.2, 0.25) is 0 Å². The number of hydrogen-bond acceptors (Lipinski definition) is 2. The van der Waals surface area contributed by atoms with Crippen molar-refractivity contribution in [2.75, 3.05) is 0 Å². The summed E-state index contributed by atoms with van der Waals surface area (Å²) < 4.78 is 0. The van der Waals surface area contributed by atoms with Gasteiger partial charge in [0, 0.05) is 16.8 Å². The Morgan fingerprint density at radius 2 is 1.82 bits per heavy atom. The summed E-state index contributed by atoms with van der Waals surface area (Å²) in [4.78, 5) is 8.93. The van der Waals surface area contributed by atoms with Crippen molar-refractivity contribution in [1.29, 1.82) is 0 Å². The standard InChI is InChI=1S/C14H15ClN2/c1-4-11-10(3)16-14(17-13(11)15)12-8-6-5-7-9(12)2/h5-8H,4H2,1-3H3. The third kappa shape index (κ3) is 2.32. The van der Waals surface area contributed by atoms with Gasteiger partial charge in [0.15, 0.2) is 5.82 Å². The second-order valence-electron chi connectivity index (χ2n) is 4.07. The highest BCUT2D eigenvalue weighted by molar-refractivity contribution is 6.30. The molecule has 1 heterocycles. The molecule has 0 fully saturated rings. The Balaban J connectivity index is 2.59. The molecule has 0 amide bonds. The van der Waals surface area contributed by atoms with Gasteiger partial charge in [-0.1, -0.05) is 42.8 Å². The number of nitrogens with zero attached hydrogens (tertiary/aromatic N) is 2. The van der Waals surface area contributed by atoms with E-state index in [9.17, 15) is 0 Å². The van der Waals surface area contributed by atoms with Gasteiger partial charge < -0.3 is 0 Å². The van der Waals surface area contributed by atoms with Crippen molar-refractivity contribution in [2.24, 2.45) is 0 Å². The van der Waals surface area contributed by atoms with Crippen molar-refractivity contribution in [3.05, 3.63) is 46.2 Å². The van der Waals surface area contributed by atoms with Crippen molar-refractivity contribution in [1.82, 2.24) is 9.97 Å². The van der Waals surface area contributed by atoms with Crippen LogP contribution in [0.2, 0.25) is 5.15 Å². The minimum Gasteiger partial charge on any atom is -0.233 e. The summed E-state index contributed by atoms with van der Waals surface area (Å²) in [5, 5.41) is 0.568. The largest absolute Gasteiger partial charge is 0.233 e. The molecule has 2 aromatic rings. The lowest BCUT2D eigenvalue weighted by atomic mass is 10.1. The summed E-state index contributed by atoms with van der Waals surface area (Å²) in [6.45, 7) is 6.09. The molecule has 0 aliphatic heterocycles.